The number of hydrogen-bond donors (Lipinski definition) is 1. The molecular weight excluding hydrogens is 560 g/mol. The molecule has 1 heterocycles. The zero-order chi connectivity index (χ0) is 26.7. The lowest BCUT2D eigenvalue weighted by molar-refractivity contribution is -0.151. The Hall–Kier alpha value is -3.36. The van der Waals surface area contributed by atoms with E-state index in [1.54, 1.807) is 41.3 Å². The number of aryl methyl sites for hydroxylation is 3. The monoisotopic (exact) mass is 584 g/mol. The number of halogens is 2. The number of hydrogen-bond acceptors (Lipinski definition) is 5. The Kier molecular flexibility index (Phi) is 8.19. The van der Waals surface area contributed by atoms with E-state index in [4.69, 9.17) is 21.1 Å². The minimum absolute atomic E-state index is 0.0166. The average molecular weight is 586 g/mol. The van der Waals surface area contributed by atoms with Crippen molar-refractivity contribution in [2.24, 2.45) is 5.92 Å². The van der Waals surface area contributed by atoms with E-state index in [0.717, 1.165) is 21.3 Å². The molecule has 0 spiro atoms. The van der Waals surface area contributed by atoms with Crippen molar-refractivity contribution in [3.05, 3.63) is 80.8 Å². The van der Waals surface area contributed by atoms with Gasteiger partial charge in [-0.1, -0.05) is 17.7 Å². The first kappa shape index (κ1) is 26.7. The molecular formula is C28H26BrClN2O5. The van der Waals surface area contributed by atoms with Crippen LogP contribution < -0.4 is 15.0 Å². The highest BCUT2D eigenvalue weighted by atomic mass is 79.9. The number of nitrogens with zero attached hydrogens (tertiary/aromatic N) is 1. The quantitative estimate of drug-likeness (QED) is 0.327. The molecule has 1 fully saturated rings. The molecule has 7 nitrogen and oxygen atoms in total. The van der Waals surface area contributed by atoms with Crippen molar-refractivity contribution in [1.29, 1.82) is 0 Å². The van der Waals surface area contributed by atoms with Crippen LogP contribution in [0.25, 0.3) is 0 Å². The zero-order valence-corrected chi connectivity index (χ0v) is 23.0. The van der Waals surface area contributed by atoms with Gasteiger partial charge in [0.15, 0.2) is 6.61 Å². The van der Waals surface area contributed by atoms with Crippen LogP contribution >= 0.6 is 27.5 Å². The van der Waals surface area contributed by atoms with Crippen LogP contribution in [0, 0.1) is 26.7 Å². The Bertz CT molecular complexity index is 1360. The highest BCUT2D eigenvalue weighted by Gasteiger charge is 2.36. The number of ether oxygens (including phenoxy) is 2. The summed E-state index contributed by atoms with van der Waals surface area (Å²) in [5.74, 6) is -0.548. The summed E-state index contributed by atoms with van der Waals surface area (Å²) in [7, 11) is 0. The van der Waals surface area contributed by atoms with E-state index in [1.165, 1.54) is 5.56 Å². The SMILES string of the molecule is Cc1ccc(Oc2ccc(N3C[C@H](C(=O)OCC(=O)Nc4cc(Cl)c(Br)cc4C)CC3=O)cc2)cc1C. The van der Waals surface area contributed by atoms with Gasteiger partial charge in [0.05, 0.1) is 10.9 Å². The first-order valence-corrected chi connectivity index (χ1v) is 12.9. The highest BCUT2D eigenvalue weighted by molar-refractivity contribution is 9.10. The number of rotatable bonds is 7. The summed E-state index contributed by atoms with van der Waals surface area (Å²) in [4.78, 5) is 39.0. The summed E-state index contributed by atoms with van der Waals surface area (Å²) in [6.07, 6.45) is 0.0166. The van der Waals surface area contributed by atoms with Crippen LogP contribution in [0.2, 0.25) is 5.02 Å². The molecule has 0 radical (unpaired) electrons. The van der Waals surface area contributed by atoms with Crippen LogP contribution in [0.5, 0.6) is 11.5 Å². The maximum absolute atomic E-state index is 12.6. The lowest BCUT2D eigenvalue weighted by atomic mass is 10.1. The van der Waals surface area contributed by atoms with E-state index >= 15 is 0 Å². The normalized spacial score (nSPS) is 15.0. The topological polar surface area (TPSA) is 84.9 Å². The Morgan fingerprint density at radius 1 is 1.00 bits per heavy atom. The van der Waals surface area contributed by atoms with Crippen molar-refractivity contribution in [3.8, 4) is 11.5 Å². The van der Waals surface area contributed by atoms with Gasteiger partial charge in [0.25, 0.3) is 5.91 Å². The second kappa shape index (κ2) is 11.4. The van der Waals surface area contributed by atoms with Gasteiger partial charge in [0.1, 0.15) is 11.5 Å². The standard InChI is InChI=1S/C28H26BrClN2O5/c1-16-4-7-22(10-17(16)2)37-21-8-5-20(6-9-21)32-14-19(12-27(32)34)28(35)36-15-26(33)31-25-13-24(30)23(29)11-18(25)3/h4-11,13,19H,12,14-15H2,1-3H3,(H,31,33)/t19-/m1/s1. The predicted octanol–water partition coefficient (Wildman–Crippen LogP) is 6.35. The van der Waals surface area contributed by atoms with Crippen LogP contribution in [0.15, 0.2) is 59.1 Å². The van der Waals surface area contributed by atoms with Gasteiger partial charge < -0.3 is 19.7 Å². The fraction of sp³-hybridized carbons (Fsp3) is 0.250. The second-order valence-electron chi connectivity index (χ2n) is 8.98. The predicted molar refractivity (Wildman–Crippen MR) is 146 cm³/mol. The number of carbonyl (C=O) groups is 3. The number of esters is 1. The van der Waals surface area contributed by atoms with Gasteiger partial charge in [-0.25, -0.2) is 0 Å². The highest BCUT2D eigenvalue weighted by Crippen LogP contribution is 2.31. The number of amides is 2. The zero-order valence-electron chi connectivity index (χ0n) is 20.6. The molecule has 0 saturated carbocycles. The van der Waals surface area contributed by atoms with Crippen molar-refractivity contribution in [2.45, 2.75) is 27.2 Å². The molecule has 1 saturated heterocycles. The summed E-state index contributed by atoms with van der Waals surface area (Å²) in [6, 6.07) is 16.4. The summed E-state index contributed by atoms with van der Waals surface area (Å²) < 4.78 is 11.8. The Balaban J connectivity index is 1.30. The number of anilines is 2. The molecule has 0 bridgehead atoms. The molecule has 192 valence electrons. The third-order valence-corrected chi connectivity index (χ3v) is 7.40. The summed E-state index contributed by atoms with van der Waals surface area (Å²) >= 11 is 9.42. The van der Waals surface area contributed by atoms with Gasteiger partial charge in [-0.3, -0.25) is 14.4 Å². The van der Waals surface area contributed by atoms with Gasteiger partial charge in [-0.15, -0.1) is 0 Å². The fourth-order valence-corrected chi connectivity index (χ4v) is 4.57. The molecule has 1 atom stereocenters. The number of carbonyl (C=O) groups excluding carboxylic acids is 3. The van der Waals surface area contributed by atoms with E-state index in [2.05, 4.69) is 21.2 Å². The second-order valence-corrected chi connectivity index (χ2v) is 10.2. The van der Waals surface area contributed by atoms with Crippen molar-refractivity contribution < 1.29 is 23.9 Å². The van der Waals surface area contributed by atoms with Crippen LogP contribution in [0.4, 0.5) is 11.4 Å². The van der Waals surface area contributed by atoms with Gasteiger partial charge in [0.2, 0.25) is 5.91 Å². The molecule has 37 heavy (non-hydrogen) atoms. The molecule has 9 heteroatoms. The number of benzene rings is 3. The van der Waals surface area contributed by atoms with E-state index in [-0.39, 0.29) is 18.9 Å². The van der Waals surface area contributed by atoms with Gasteiger partial charge in [-0.2, -0.15) is 0 Å². The van der Waals surface area contributed by atoms with Crippen molar-refractivity contribution >= 4 is 56.7 Å². The molecule has 1 aliphatic rings. The van der Waals surface area contributed by atoms with Gasteiger partial charge in [-0.05, 0) is 102 Å². The van der Waals surface area contributed by atoms with Crippen molar-refractivity contribution in [3.63, 3.8) is 0 Å². The van der Waals surface area contributed by atoms with E-state index in [9.17, 15) is 14.4 Å². The molecule has 1 N–H and O–H groups in total. The van der Waals surface area contributed by atoms with Gasteiger partial charge >= 0.3 is 5.97 Å². The molecule has 0 aliphatic carbocycles. The Morgan fingerprint density at radius 2 is 1.70 bits per heavy atom. The van der Waals surface area contributed by atoms with E-state index in [1.807, 2.05) is 39.0 Å². The first-order chi connectivity index (χ1) is 17.6. The third kappa shape index (κ3) is 6.50. The fourth-order valence-electron chi connectivity index (χ4n) is 3.94. The molecule has 0 unspecified atom stereocenters. The Morgan fingerprint density at radius 3 is 2.41 bits per heavy atom. The molecule has 3 aromatic rings. The molecule has 0 aromatic heterocycles. The maximum atomic E-state index is 12.6. The van der Waals surface area contributed by atoms with Crippen molar-refractivity contribution in [2.75, 3.05) is 23.4 Å². The van der Waals surface area contributed by atoms with Crippen LogP contribution in [-0.4, -0.2) is 30.9 Å². The van der Waals surface area contributed by atoms with E-state index < -0.39 is 24.4 Å². The molecule has 1 aliphatic heterocycles. The minimum Gasteiger partial charge on any atom is -0.457 e. The largest absolute Gasteiger partial charge is 0.457 e. The maximum Gasteiger partial charge on any atom is 0.311 e. The molecule has 2 amide bonds. The number of nitrogens with one attached hydrogen (secondary N) is 1. The minimum atomic E-state index is -0.657. The summed E-state index contributed by atoms with van der Waals surface area (Å²) in [5, 5.41) is 3.14. The molecule has 4 rings (SSSR count). The lowest BCUT2D eigenvalue weighted by Crippen LogP contribution is -2.28. The lowest BCUT2D eigenvalue weighted by Gasteiger charge is -2.17. The first-order valence-electron chi connectivity index (χ1n) is 11.7. The average Bonchev–Trinajstić information content (AvgIpc) is 3.25. The van der Waals surface area contributed by atoms with E-state index in [0.29, 0.717) is 22.1 Å². The summed E-state index contributed by atoms with van der Waals surface area (Å²) in [6.45, 7) is 5.61. The molecule has 3 aromatic carbocycles. The van der Waals surface area contributed by atoms with Crippen LogP contribution in [0.3, 0.4) is 0 Å². The third-order valence-electron chi connectivity index (χ3n) is 6.21. The summed E-state index contributed by atoms with van der Waals surface area (Å²) in [5.41, 5.74) is 4.32. The van der Waals surface area contributed by atoms with Crippen molar-refractivity contribution in [1.82, 2.24) is 0 Å². The van der Waals surface area contributed by atoms with Gasteiger partial charge in [0, 0.05) is 28.8 Å². The van der Waals surface area contributed by atoms with Crippen LogP contribution in [0.1, 0.15) is 23.1 Å². The van der Waals surface area contributed by atoms with Crippen LogP contribution in [-0.2, 0) is 19.1 Å². The smallest absolute Gasteiger partial charge is 0.311 e. The Labute approximate surface area is 228 Å².